The Hall–Kier alpha value is -2.09. The lowest BCUT2D eigenvalue weighted by Crippen LogP contribution is -2.43. The lowest BCUT2D eigenvalue weighted by Gasteiger charge is -2.24. The van der Waals surface area contributed by atoms with Gasteiger partial charge in [-0.25, -0.2) is 8.42 Å². The zero-order valence-corrected chi connectivity index (χ0v) is 18.4. The number of hydrogen-bond donors (Lipinski definition) is 1. The van der Waals surface area contributed by atoms with Crippen LogP contribution in [0.4, 0.5) is 5.69 Å². The molecule has 0 unspecified atom stereocenters. The summed E-state index contributed by atoms with van der Waals surface area (Å²) in [4.78, 5) is 13.2. The molecule has 0 aromatic heterocycles. The average Bonchev–Trinajstić information content (AvgIpc) is 3.24. The quantitative estimate of drug-likeness (QED) is 0.749. The van der Waals surface area contributed by atoms with E-state index in [4.69, 9.17) is 16.3 Å². The number of amides is 1. The fraction of sp³-hybridized carbons (Fsp3) is 0.409. The van der Waals surface area contributed by atoms with Crippen molar-refractivity contribution in [2.24, 2.45) is 0 Å². The third kappa shape index (κ3) is 4.06. The molecule has 2 aliphatic rings. The number of benzene rings is 2. The maximum atomic E-state index is 13.1. The Morgan fingerprint density at radius 1 is 1.10 bits per heavy atom. The van der Waals surface area contributed by atoms with E-state index in [9.17, 15) is 13.2 Å². The fourth-order valence-electron chi connectivity index (χ4n) is 4.28. The van der Waals surface area contributed by atoms with Crippen LogP contribution in [0.15, 0.2) is 41.3 Å². The van der Waals surface area contributed by atoms with Crippen LogP contribution in [0.3, 0.4) is 0 Å². The van der Waals surface area contributed by atoms with Crippen LogP contribution < -0.4 is 10.1 Å². The fourth-order valence-corrected chi connectivity index (χ4v) is 6.06. The largest absolute Gasteiger partial charge is 0.495 e. The minimum Gasteiger partial charge on any atom is -0.495 e. The maximum absolute atomic E-state index is 13.1. The first-order valence-electron chi connectivity index (χ1n) is 10.2. The summed E-state index contributed by atoms with van der Waals surface area (Å²) in [6, 6.07) is 9.22. The molecule has 30 heavy (non-hydrogen) atoms. The summed E-state index contributed by atoms with van der Waals surface area (Å²) in [5.74, 6) is 0.271. The van der Waals surface area contributed by atoms with Gasteiger partial charge in [0.15, 0.2) is 0 Å². The van der Waals surface area contributed by atoms with Crippen molar-refractivity contribution in [3.05, 3.63) is 52.5 Å². The Kier molecular flexibility index (Phi) is 6.04. The van der Waals surface area contributed by atoms with Crippen LogP contribution in [-0.2, 0) is 27.7 Å². The van der Waals surface area contributed by atoms with Gasteiger partial charge >= 0.3 is 0 Å². The number of nitrogens with zero attached hydrogens (tertiary/aromatic N) is 1. The van der Waals surface area contributed by atoms with Gasteiger partial charge in [0.05, 0.1) is 17.7 Å². The molecule has 1 heterocycles. The second-order valence-corrected chi connectivity index (χ2v) is 10.1. The number of carbonyl (C=O) groups is 1. The Bertz CT molecular complexity index is 1050. The summed E-state index contributed by atoms with van der Waals surface area (Å²) in [6.07, 6.45) is 5.38. The number of nitrogens with one attached hydrogen (secondary N) is 1. The number of ether oxygens (including phenoxy) is 1. The van der Waals surface area contributed by atoms with E-state index in [0.717, 1.165) is 25.7 Å². The van der Waals surface area contributed by atoms with E-state index in [1.165, 1.54) is 39.7 Å². The van der Waals surface area contributed by atoms with Gasteiger partial charge in [-0.3, -0.25) is 4.79 Å². The predicted octanol–water partition coefficient (Wildman–Crippen LogP) is 4.02. The van der Waals surface area contributed by atoms with Gasteiger partial charge < -0.3 is 10.1 Å². The molecule has 2 aromatic carbocycles. The maximum Gasteiger partial charge on any atom is 0.243 e. The van der Waals surface area contributed by atoms with E-state index in [1.54, 1.807) is 7.11 Å². The van der Waals surface area contributed by atoms with Crippen molar-refractivity contribution in [1.29, 1.82) is 0 Å². The monoisotopic (exact) mass is 448 g/mol. The first-order valence-corrected chi connectivity index (χ1v) is 12.0. The van der Waals surface area contributed by atoms with Crippen LogP contribution >= 0.6 is 11.6 Å². The van der Waals surface area contributed by atoms with Crippen LogP contribution in [0.1, 0.15) is 36.8 Å². The standard InChI is InChI=1S/C22H25ClN2O4S/c1-29-21-14-16-6-3-2-5-15(16)13-19(21)24-22(26)20-7-4-12-25(20)30(27,28)18-10-8-17(23)9-11-18/h8-11,13-14,20H,2-7,12H2,1H3,(H,24,26)/t20-/m1/s1. The van der Waals surface area contributed by atoms with Gasteiger partial charge in [0.1, 0.15) is 11.8 Å². The summed E-state index contributed by atoms with van der Waals surface area (Å²) < 4.78 is 33.0. The van der Waals surface area contributed by atoms with Gasteiger partial charge in [-0.15, -0.1) is 0 Å². The van der Waals surface area contributed by atoms with E-state index in [2.05, 4.69) is 5.32 Å². The summed E-state index contributed by atoms with van der Waals surface area (Å²) in [5.41, 5.74) is 3.07. The van der Waals surface area contributed by atoms with Crippen LogP contribution in [0.5, 0.6) is 5.75 Å². The van der Waals surface area contributed by atoms with E-state index in [-0.39, 0.29) is 10.8 Å². The number of fused-ring (bicyclic) bond motifs is 1. The van der Waals surface area contributed by atoms with E-state index < -0.39 is 16.1 Å². The van der Waals surface area contributed by atoms with Gasteiger partial charge in [0.25, 0.3) is 0 Å². The van der Waals surface area contributed by atoms with Crippen molar-refractivity contribution in [2.75, 3.05) is 19.0 Å². The first-order chi connectivity index (χ1) is 14.4. The molecule has 0 spiro atoms. The molecule has 0 bridgehead atoms. The molecule has 8 heteroatoms. The van der Waals surface area contributed by atoms with Crippen molar-refractivity contribution in [3.8, 4) is 5.75 Å². The Morgan fingerprint density at radius 2 is 1.77 bits per heavy atom. The van der Waals surface area contributed by atoms with E-state index in [1.807, 2.05) is 12.1 Å². The summed E-state index contributed by atoms with van der Waals surface area (Å²) in [6.45, 7) is 0.310. The number of rotatable bonds is 5. The number of sulfonamides is 1. The Balaban J connectivity index is 1.58. The van der Waals surface area contributed by atoms with Gasteiger partial charge in [0.2, 0.25) is 15.9 Å². The lowest BCUT2D eigenvalue weighted by atomic mass is 9.91. The van der Waals surface area contributed by atoms with Crippen molar-refractivity contribution in [2.45, 2.75) is 49.5 Å². The number of halogens is 1. The Labute approximate surface area is 182 Å². The van der Waals surface area contributed by atoms with Crippen molar-refractivity contribution in [1.82, 2.24) is 4.31 Å². The normalized spacial score (nSPS) is 19.3. The topological polar surface area (TPSA) is 75.7 Å². The molecule has 160 valence electrons. The first kappa shape index (κ1) is 21.2. The molecule has 2 aromatic rings. The number of anilines is 1. The highest BCUT2D eigenvalue weighted by atomic mass is 35.5. The van der Waals surface area contributed by atoms with Crippen LogP contribution in [0.2, 0.25) is 5.02 Å². The molecule has 1 N–H and O–H groups in total. The Morgan fingerprint density at radius 3 is 2.43 bits per heavy atom. The summed E-state index contributed by atoms with van der Waals surface area (Å²) in [5, 5.41) is 3.39. The van der Waals surface area contributed by atoms with E-state index in [0.29, 0.717) is 35.8 Å². The van der Waals surface area contributed by atoms with E-state index >= 15 is 0 Å². The highest BCUT2D eigenvalue weighted by Gasteiger charge is 2.39. The second kappa shape index (κ2) is 8.57. The van der Waals surface area contributed by atoms with Crippen molar-refractivity contribution < 1.29 is 17.9 Å². The summed E-state index contributed by atoms with van der Waals surface area (Å²) >= 11 is 5.89. The molecule has 1 amide bonds. The average molecular weight is 449 g/mol. The van der Waals surface area contributed by atoms with Crippen LogP contribution in [0, 0.1) is 0 Å². The molecule has 1 aliphatic heterocycles. The molecule has 6 nitrogen and oxygen atoms in total. The second-order valence-electron chi connectivity index (χ2n) is 7.75. The highest BCUT2D eigenvalue weighted by Crippen LogP contribution is 2.34. The highest BCUT2D eigenvalue weighted by molar-refractivity contribution is 7.89. The van der Waals surface area contributed by atoms with Crippen molar-refractivity contribution >= 4 is 33.2 Å². The smallest absolute Gasteiger partial charge is 0.243 e. The van der Waals surface area contributed by atoms with Crippen molar-refractivity contribution in [3.63, 3.8) is 0 Å². The molecule has 0 saturated carbocycles. The zero-order valence-electron chi connectivity index (χ0n) is 16.9. The molecule has 1 atom stereocenters. The molecule has 1 aliphatic carbocycles. The number of aryl methyl sites for hydroxylation is 2. The molecule has 1 fully saturated rings. The summed E-state index contributed by atoms with van der Waals surface area (Å²) in [7, 11) is -2.21. The predicted molar refractivity (Wildman–Crippen MR) is 117 cm³/mol. The minimum absolute atomic E-state index is 0.137. The molecule has 4 rings (SSSR count). The third-order valence-corrected chi connectivity index (χ3v) is 8.02. The van der Waals surface area contributed by atoms with Gasteiger partial charge in [0, 0.05) is 11.6 Å². The molecule has 0 radical (unpaired) electrons. The number of carbonyl (C=O) groups excluding carboxylic acids is 1. The molecular weight excluding hydrogens is 424 g/mol. The third-order valence-electron chi connectivity index (χ3n) is 5.85. The SMILES string of the molecule is COc1cc2c(cc1NC(=O)[C@H]1CCCN1S(=O)(=O)c1ccc(Cl)cc1)CCCC2. The lowest BCUT2D eigenvalue weighted by molar-refractivity contribution is -0.119. The van der Waals surface area contributed by atoms with Gasteiger partial charge in [-0.2, -0.15) is 4.31 Å². The van der Waals surface area contributed by atoms with Crippen LogP contribution in [-0.4, -0.2) is 38.3 Å². The van der Waals surface area contributed by atoms with Gasteiger partial charge in [-0.1, -0.05) is 11.6 Å². The van der Waals surface area contributed by atoms with Crippen LogP contribution in [0.25, 0.3) is 0 Å². The number of hydrogen-bond acceptors (Lipinski definition) is 4. The molecular formula is C22H25ClN2O4S. The number of methoxy groups -OCH3 is 1. The minimum atomic E-state index is -3.79. The zero-order chi connectivity index (χ0) is 21.3. The molecule has 1 saturated heterocycles. The van der Waals surface area contributed by atoms with Gasteiger partial charge in [-0.05, 0) is 86.1 Å².